The molecule has 2 nitrogen and oxygen atoms in total. The molecule has 0 aliphatic heterocycles. The standard InChI is InChI=1S/C15H14BrClFNO/c1-20-9-11-12(16)5-3-7-14(11)19-8-10-4-2-6-13(17)15(10)18/h2-7,19H,8-9H2,1H3. The van der Waals surface area contributed by atoms with Gasteiger partial charge in [0.2, 0.25) is 0 Å². The van der Waals surface area contributed by atoms with Crippen molar-refractivity contribution in [1.29, 1.82) is 0 Å². The molecule has 2 rings (SSSR count). The van der Waals surface area contributed by atoms with Gasteiger partial charge in [0.05, 0.1) is 11.6 Å². The van der Waals surface area contributed by atoms with Gasteiger partial charge in [0.15, 0.2) is 0 Å². The first-order valence-corrected chi connectivity index (χ1v) is 7.23. The van der Waals surface area contributed by atoms with Crippen LogP contribution in [-0.2, 0) is 17.9 Å². The van der Waals surface area contributed by atoms with Gasteiger partial charge in [-0.2, -0.15) is 0 Å². The fourth-order valence-electron chi connectivity index (χ4n) is 1.89. The van der Waals surface area contributed by atoms with Gasteiger partial charge in [0.25, 0.3) is 0 Å². The van der Waals surface area contributed by atoms with Crippen LogP contribution in [0.3, 0.4) is 0 Å². The van der Waals surface area contributed by atoms with Crippen molar-refractivity contribution in [3.05, 3.63) is 62.8 Å². The molecule has 5 heteroatoms. The maximum Gasteiger partial charge on any atom is 0.146 e. The second-order valence-corrected chi connectivity index (χ2v) is 5.53. The largest absolute Gasteiger partial charge is 0.381 e. The summed E-state index contributed by atoms with van der Waals surface area (Å²) >= 11 is 9.26. The van der Waals surface area contributed by atoms with Crippen LogP contribution in [0.2, 0.25) is 5.02 Å². The molecular formula is C15H14BrClFNO. The summed E-state index contributed by atoms with van der Waals surface area (Å²) in [5.74, 6) is -0.384. The average molecular weight is 359 g/mol. The molecule has 0 aromatic heterocycles. The van der Waals surface area contributed by atoms with Gasteiger partial charge in [-0.3, -0.25) is 0 Å². The number of hydrogen-bond acceptors (Lipinski definition) is 2. The van der Waals surface area contributed by atoms with Crippen molar-refractivity contribution in [2.45, 2.75) is 13.2 Å². The van der Waals surface area contributed by atoms with E-state index in [1.54, 1.807) is 19.2 Å². The lowest BCUT2D eigenvalue weighted by Crippen LogP contribution is -2.05. The van der Waals surface area contributed by atoms with Gasteiger partial charge < -0.3 is 10.1 Å². The zero-order chi connectivity index (χ0) is 14.5. The lowest BCUT2D eigenvalue weighted by atomic mass is 10.1. The molecule has 0 fully saturated rings. The summed E-state index contributed by atoms with van der Waals surface area (Å²) in [5, 5.41) is 3.35. The SMILES string of the molecule is COCc1c(Br)cccc1NCc1cccc(Cl)c1F. The zero-order valence-corrected chi connectivity index (χ0v) is 13.3. The smallest absolute Gasteiger partial charge is 0.146 e. The highest BCUT2D eigenvalue weighted by Gasteiger charge is 2.09. The number of halogens is 3. The number of ether oxygens (including phenoxy) is 1. The van der Waals surface area contributed by atoms with Crippen LogP contribution in [0.4, 0.5) is 10.1 Å². The molecule has 0 amide bonds. The highest BCUT2D eigenvalue weighted by molar-refractivity contribution is 9.10. The summed E-state index contributed by atoms with van der Waals surface area (Å²) in [6, 6.07) is 10.8. The Balaban J connectivity index is 2.19. The normalized spacial score (nSPS) is 10.6. The molecule has 20 heavy (non-hydrogen) atoms. The molecule has 0 heterocycles. The van der Waals surface area contributed by atoms with E-state index in [-0.39, 0.29) is 10.8 Å². The average Bonchev–Trinajstić information content (AvgIpc) is 2.44. The Morgan fingerprint density at radius 1 is 1.25 bits per heavy atom. The van der Waals surface area contributed by atoms with E-state index in [2.05, 4.69) is 21.2 Å². The second-order valence-electron chi connectivity index (χ2n) is 4.27. The molecular weight excluding hydrogens is 345 g/mol. The Bertz CT molecular complexity index is 606. The molecule has 2 aromatic rings. The van der Waals surface area contributed by atoms with E-state index in [4.69, 9.17) is 16.3 Å². The van der Waals surface area contributed by atoms with Gasteiger partial charge in [0, 0.05) is 34.9 Å². The van der Waals surface area contributed by atoms with Crippen molar-refractivity contribution in [2.24, 2.45) is 0 Å². The Labute approximate surface area is 131 Å². The second kappa shape index (κ2) is 7.07. The third kappa shape index (κ3) is 3.51. The molecule has 0 saturated carbocycles. The summed E-state index contributed by atoms with van der Waals surface area (Å²) in [6.07, 6.45) is 0. The fraction of sp³-hybridized carbons (Fsp3) is 0.200. The van der Waals surface area contributed by atoms with Crippen molar-refractivity contribution in [1.82, 2.24) is 0 Å². The fourth-order valence-corrected chi connectivity index (χ4v) is 2.57. The van der Waals surface area contributed by atoms with Crippen LogP contribution in [0.1, 0.15) is 11.1 Å². The minimum atomic E-state index is -0.384. The van der Waals surface area contributed by atoms with Gasteiger partial charge in [-0.1, -0.05) is 45.7 Å². The number of anilines is 1. The first-order valence-electron chi connectivity index (χ1n) is 6.06. The third-order valence-electron chi connectivity index (χ3n) is 2.91. The van der Waals surface area contributed by atoms with Gasteiger partial charge in [-0.15, -0.1) is 0 Å². The first-order chi connectivity index (χ1) is 9.63. The number of hydrogen-bond donors (Lipinski definition) is 1. The molecule has 0 atom stereocenters. The summed E-state index contributed by atoms with van der Waals surface area (Å²) in [6.45, 7) is 0.835. The Hall–Kier alpha value is -1.10. The Kier molecular flexibility index (Phi) is 5.40. The Morgan fingerprint density at radius 3 is 2.75 bits per heavy atom. The lowest BCUT2D eigenvalue weighted by Gasteiger charge is -2.14. The quantitative estimate of drug-likeness (QED) is 0.812. The molecule has 1 N–H and O–H groups in total. The minimum Gasteiger partial charge on any atom is -0.381 e. The molecule has 0 aliphatic rings. The summed E-state index contributed by atoms with van der Waals surface area (Å²) in [7, 11) is 1.64. The number of rotatable bonds is 5. The molecule has 0 radical (unpaired) electrons. The summed E-state index contributed by atoms with van der Waals surface area (Å²) < 4.78 is 20.0. The predicted octanol–water partition coefficient (Wildman–Crippen LogP) is 5.00. The van der Waals surface area contributed by atoms with Gasteiger partial charge >= 0.3 is 0 Å². The van der Waals surface area contributed by atoms with Gasteiger partial charge in [-0.05, 0) is 18.2 Å². The molecule has 0 unspecified atom stereocenters. The molecule has 2 aromatic carbocycles. The van der Waals surface area contributed by atoms with Crippen molar-refractivity contribution < 1.29 is 9.13 Å². The molecule has 0 bridgehead atoms. The number of nitrogens with one attached hydrogen (secondary N) is 1. The van der Waals surface area contributed by atoms with Crippen molar-refractivity contribution in [3.63, 3.8) is 0 Å². The van der Waals surface area contributed by atoms with Gasteiger partial charge in [0.1, 0.15) is 5.82 Å². The number of benzene rings is 2. The van der Waals surface area contributed by atoms with E-state index in [1.165, 1.54) is 6.07 Å². The summed E-state index contributed by atoms with van der Waals surface area (Å²) in [5.41, 5.74) is 2.43. The molecule has 0 aliphatic carbocycles. The van der Waals surface area contributed by atoms with E-state index in [9.17, 15) is 4.39 Å². The third-order valence-corrected chi connectivity index (χ3v) is 3.94. The van der Waals surface area contributed by atoms with E-state index >= 15 is 0 Å². The first kappa shape index (κ1) is 15.3. The van der Waals surface area contributed by atoms with Crippen LogP contribution >= 0.6 is 27.5 Å². The predicted molar refractivity (Wildman–Crippen MR) is 83.6 cm³/mol. The minimum absolute atomic E-state index is 0.135. The molecule has 106 valence electrons. The van der Waals surface area contributed by atoms with Crippen LogP contribution < -0.4 is 5.32 Å². The van der Waals surface area contributed by atoms with Crippen molar-refractivity contribution in [3.8, 4) is 0 Å². The van der Waals surface area contributed by atoms with E-state index in [0.717, 1.165) is 15.7 Å². The van der Waals surface area contributed by atoms with E-state index in [0.29, 0.717) is 18.7 Å². The lowest BCUT2D eigenvalue weighted by molar-refractivity contribution is 0.185. The maximum atomic E-state index is 13.8. The zero-order valence-electron chi connectivity index (χ0n) is 10.9. The number of methoxy groups -OCH3 is 1. The van der Waals surface area contributed by atoms with Crippen LogP contribution in [0.5, 0.6) is 0 Å². The van der Waals surface area contributed by atoms with Crippen LogP contribution in [0.25, 0.3) is 0 Å². The maximum absolute atomic E-state index is 13.8. The van der Waals surface area contributed by atoms with E-state index in [1.807, 2.05) is 18.2 Å². The summed E-state index contributed by atoms with van der Waals surface area (Å²) in [4.78, 5) is 0. The van der Waals surface area contributed by atoms with Crippen molar-refractivity contribution in [2.75, 3.05) is 12.4 Å². The van der Waals surface area contributed by atoms with Crippen LogP contribution in [-0.4, -0.2) is 7.11 Å². The molecule has 0 saturated heterocycles. The highest BCUT2D eigenvalue weighted by Crippen LogP contribution is 2.26. The van der Waals surface area contributed by atoms with Gasteiger partial charge in [-0.25, -0.2) is 4.39 Å². The van der Waals surface area contributed by atoms with Crippen LogP contribution in [0.15, 0.2) is 40.9 Å². The topological polar surface area (TPSA) is 21.3 Å². The van der Waals surface area contributed by atoms with E-state index < -0.39 is 0 Å². The highest BCUT2D eigenvalue weighted by atomic mass is 79.9. The monoisotopic (exact) mass is 357 g/mol. The Morgan fingerprint density at radius 2 is 2.00 bits per heavy atom. The van der Waals surface area contributed by atoms with Crippen molar-refractivity contribution >= 4 is 33.2 Å². The van der Waals surface area contributed by atoms with Crippen LogP contribution in [0, 0.1) is 5.82 Å². The molecule has 0 spiro atoms.